The van der Waals surface area contributed by atoms with Crippen molar-refractivity contribution in [2.45, 2.75) is 44.6 Å². The lowest BCUT2D eigenvalue weighted by Gasteiger charge is -2.34. The lowest BCUT2D eigenvalue weighted by molar-refractivity contribution is -0.134. The van der Waals surface area contributed by atoms with Crippen molar-refractivity contribution in [2.24, 2.45) is 5.73 Å². The van der Waals surface area contributed by atoms with Crippen molar-refractivity contribution < 1.29 is 14.7 Å². The molecule has 1 rings (SSSR count). The number of aliphatic hydroxyl groups is 1. The predicted octanol–water partition coefficient (Wildman–Crippen LogP) is 0.749. The summed E-state index contributed by atoms with van der Waals surface area (Å²) in [6.45, 7) is 0.431. The number of amides is 2. The molecule has 2 amide bonds. The number of primary amides is 1. The number of carbonyl (C=O) groups excluding carboxylic acids is 2. The minimum Gasteiger partial charge on any atom is -0.395 e. The molecule has 0 aromatic rings. The standard InChI is InChI=1S/C13H24N2O3S/c14-12(17)10-19-9-6-13(18)15(7-8-16)11-4-2-1-3-5-11/h11,16H,1-10H2,(H2,14,17). The number of thioether (sulfide) groups is 1. The zero-order chi connectivity index (χ0) is 14.1. The van der Waals surface area contributed by atoms with Crippen molar-refractivity contribution in [1.29, 1.82) is 0 Å². The lowest BCUT2D eigenvalue weighted by Crippen LogP contribution is -2.43. The van der Waals surface area contributed by atoms with E-state index in [1.165, 1.54) is 18.2 Å². The molecule has 0 aromatic carbocycles. The van der Waals surface area contributed by atoms with Gasteiger partial charge < -0.3 is 15.7 Å². The number of aliphatic hydroxyl groups excluding tert-OH is 1. The van der Waals surface area contributed by atoms with Gasteiger partial charge in [-0.05, 0) is 12.8 Å². The second-order valence-electron chi connectivity index (χ2n) is 4.87. The lowest BCUT2D eigenvalue weighted by atomic mass is 9.94. The molecule has 19 heavy (non-hydrogen) atoms. The number of nitrogens with two attached hydrogens (primary N) is 1. The van der Waals surface area contributed by atoms with Gasteiger partial charge in [-0.15, -0.1) is 0 Å². The van der Waals surface area contributed by atoms with Crippen LogP contribution in [0.5, 0.6) is 0 Å². The van der Waals surface area contributed by atoms with Crippen LogP contribution >= 0.6 is 11.8 Å². The van der Waals surface area contributed by atoms with Crippen molar-refractivity contribution in [1.82, 2.24) is 4.90 Å². The van der Waals surface area contributed by atoms with Gasteiger partial charge in [0.1, 0.15) is 0 Å². The molecule has 0 heterocycles. The molecule has 1 saturated carbocycles. The van der Waals surface area contributed by atoms with Crippen molar-refractivity contribution >= 4 is 23.6 Å². The Balaban J connectivity index is 2.36. The van der Waals surface area contributed by atoms with Gasteiger partial charge in [0.05, 0.1) is 12.4 Å². The number of hydrogen-bond acceptors (Lipinski definition) is 4. The van der Waals surface area contributed by atoms with Crippen molar-refractivity contribution in [2.75, 3.05) is 24.7 Å². The van der Waals surface area contributed by atoms with Gasteiger partial charge in [0, 0.05) is 24.8 Å². The van der Waals surface area contributed by atoms with E-state index in [2.05, 4.69) is 0 Å². The van der Waals surface area contributed by atoms with Crippen LogP contribution < -0.4 is 5.73 Å². The van der Waals surface area contributed by atoms with E-state index in [0.29, 0.717) is 18.7 Å². The van der Waals surface area contributed by atoms with Crippen LogP contribution in [0.15, 0.2) is 0 Å². The Bertz CT molecular complexity index is 294. The van der Waals surface area contributed by atoms with E-state index in [1.54, 1.807) is 0 Å². The topological polar surface area (TPSA) is 83.6 Å². The molecule has 110 valence electrons. The molecule has 0 unspecified atom stereocenters. The number of rotatable bonds is 8. The number of hydrogen-bond donors (Lipinski definition) is 2. The molecular formula is C13H24N2O3S. The predicted molar refractivity (Wildman–Crippen MR) is 76.8 cm³/mol. The van der Waals surface area contributed by atoms with Gasteiger partial charge in [-0.25, -0.2) is 0 Å². The van der Waals surface area contributed by atoms with Crippen molar-refractivity contribution in [3.63, 3.8) is 0 Å². The van der Waals surface area contributed by atoms with Gasteiger partial charge in [0.15, 0.2) is 0 Å². The molecule has 3 N–H and O–H groups in total. The zero-order valence-electron chi connectivity index (χ0n) is 11.3. The van der Waals surface area contributed by atoms with E-state index in [0.717, 1.165) is 25.7 Å². The van der Waals surface area contributed by atoms with Crippen LogP contribution in [-0.2, 0) is 9.59 Å². The second-order valence-corrected chi connectivity index (χ2v) is 5.98. The molecular weight excluding hydrogens is 264 g/mol. The monoisotopic (exact) mass is 288 g/mol. The number of carbonyl (C=O) groups is 2. The summed E-state index contributed by atoms with van der Waals surface area (Å²) < 4.78 is 0. The van der Waals surface area contributed by atoms with Gasteiger partial charge in [-0.1, -0.05) is 19.3 Å². The first-order chi connectivity index (χ1) is 9.15. The summed E-state index contributed by atoms with van der Waals surface area (Å²) in [5.41, 5.74) is 5.05. The third-order valence-electron chi connectivity index (χ3n) is 3.38. The maximum absolute atomic E-state index is 12.2. The fraction of sp³-hybridized carbons (Fsp3) is 0.846. The summed E-state index contributed by atoms with van der Waals surface area (Å²) in [7, 11) is 0. The summed E-state index contributed by atoms with van der Waals surface area (Å²) in [5, 5.41) is 9.10. The summed E-state index contributed by atoms with van der Waals surface area (Å²) in [4.78, 5) is 24.6. The third kappa shape index (κ3) is 6.29. The van der Waals surface area contributed by atoms with E-state index in [4.69, 9.17) is 10.8 Å². The van der Waals surface area contributed by atoms with Crippen LogP contribution in [0.2, 0.25) is 0 Å². The van der Waals surface area contributed by atoms with Crippen LogP contribution in [0.1, 0.15) is 38.5 Å². The molecule has 0 aliphatic heterocycles. The first-order valence-corrected chi connectivity index (χ1v) is 8.07. The maximum atomic E-state index is 12.2. The Labute approximate surface area is 118 Å². The molecule has 1 aliphatic rings. The molecule has 6 heteroatoms. The minimum absolute atomic E-state index is 0.0106. The summed E-state index contributed by atoms with van der Waals surface area (Å²) in [5.74, 6) is 0.600. The first-order valence-electron chi connectivity index (χ1n) is 6.91. The van der Waals surface area contributed by atoms with E-state index in [1.807, 2.05) is 4.90 Å². The molecule has 0 atom stereocenters. The third-order valence-corrected chi connectivity index (χ3v) is 4.36. The van der Waals surface area contributed by atoms with Crippen molar-refractivity contribution in [3.05, 3.63) is 0 Å². The fourth-order valence-electron chi connectivity index (χ4n) is 2.49. The van der Waals surface area contributed by atoms with E-state index in [9.17, 15) is 9.59 Å². The second kappa shape index (κ2) is 9.20. The van der Waals surface area contributed by atoms with Gasteiger partial charge in [-0.3, -0.25) is 9.59 Å². The first kappa shape index (κ1) is 16.3. The Kier molecular flexibility index (Phi) is 7.90. The van der Waals surface area contributed by atoms with E-state index in [-0.39, 0.29) is 30.2 Å². The summed E-state index contributed by atoms with van der Waals surface area (Å²) in [6.07, 6.45) is 6.06. The highest BCUT2D eigenvalue weighted by Gasteiger charge is 2.24. The van der Waals surface area contributed by atoms with E-state index >= 15 is 0 Å². The zero-order valence-corrected chi connectivity index (χ0v) is 12.2. The van der Waals surface area contributed by atoms with Crippen LogP contribution in [0.3, 0.4) is 0 Å². The summed E-state index contributed by atoms with van der Waals surface area (Å²) in [6, 6.07) is 0.287. The molecule has 0 radical (unpaired) electrons. The SMILES string of the molecule is NC(=O)CSCCC(=O)N(CCO)C1CCCCC1. The van der Waals surface area contributed by atoms with Crippen LogP contribution in [0.25, 0.3) is 0 Å². The molecule has 0 saturated heterocycles. The van der Waals surface area contributed by atoms with Crippen LogP contribution in [0.4, 0.5) is 0 Å². The smallest absolute Gasteiger partial charge is 0.227 e. The molecule has 5 nitrogen and oxygen atoms in total. The molecule has 0 spiro atoms. The highest BCUT2D eigenvalue weighted by Crippen LogP contribution is 2.23. The average molecular weight is 288 g/mol. The van der Waals surface area contributed by atoms with Gasteiger partial charge in [0.25, 0.3) is 0 Å². The molecule has 0 bridgehead atoms. The van der Waals surface area contributed by atoms with Gasteiger partial charge in [-0.2, -0.15) is 11.8 Å². The van der Waals surface area contributed by atoms with Crippen LogP contribution in [-0.4, -0.2) is 52.5 Å². The Morgan fingerprint density at radius 3 is 2.53 bits per heavy atom. The fourth-order valence-corrected chi connectivity index (χ4v) is 3.15. The normalized spacial score (nSPS) is 16.3. The quantitative estimate of drug-likeness (QED) is 0.646. The highest BCUT2D eigenvalue weighted by atomic mass is 32.2. The van der Waals surface area contributed by atoms with Gasteiger partial charge in [0.2, 0.25) is 11.8 Å². The molecule has 1 aliphatic carbocycles. The van der Waals surface area contributed by atoms with Crippen molar-refractivity contribution in [3.8, 4) is 0 Å². The largest absolute Gasteiger partial charge is 0.395 e. The maximum Gasteiger partial charge on any atom is 0.227 e. The molecule has 1 fully saturated rings. The minimum atomic E-state index is -0.350. The Morgan fingerprint density at radius 2 is 1.95 bits per heavy atom. The van der Waals surface area contributed by atoms with Crippen LogP contribution in [0, 0.1) is 0 Å². The van der Waals surface area contributed by atoms with Gasteiger partial charge >= 0.3 is 0 Å². The number of nitrogens with zero attached hydrogens (tertiary/aromatic N) is 1. The summed E-state index contributed by atoms with van der Waals surface area (Å²) >= 11 is 1.39. The molecule has 0 aromatic heterocycles. The average Bonchev–Trinajstić information content (AvgIpc) is 2.41. The Hall–Kier alpha value is -0.750. The highest BCUT2D eigenvalue weighted by molar-refractivity contribution is 7.99. The Morgan fingerprint density at radius 1 is 1.26 bits per heavy atom. The van der Waals surface area contributed by atoms with E-state index < -0.39 is 0 Å².